The molecule has 1 heteroatoms. The van der Waals surface area contributed by atoms with Gasteiger partial charge in [0.1, 0.15) is 0 Å². The van der Waals surface area contributed by atoms with E-state index in [0.29, 0.717) is 0 Å². The molecule has 0 saturated heterocycles. The van der Waals surface area contributed by atoms with E-state index in [1.54, 1.807) is 0 Å². The van der Waals surface area contributed by atoms with Crippen LogP contribution in [0.15, 0.2) is 0 Å². The average molecular weight is 230 g/mol. The van der Waals surface area contributed by atoms with Crippen molar-refractivity contribution in [1.29, 1.82) is 0 Å². The molecule has 0 aromatic carbocycles. The first-order valence-corrected chi connectivity index (χ1v) is 8.36. The van der Waals surface area contributed by atoms with Crippen LogP contribution in [0.1, 0.15) is 66.2 Å². The predicted octanol–water partition coefficient (Wildman–Crippen LogP) is 5.32. The second kappa shape index (κ2) is 10.9. The van der Waals surface area contributed by atoms with Gasteiger partial charge in [0, 0.05) is 0 Å². The molecular weight excluding hydrogens is 199 g/mol. The molecule has 15 heavy (non-hydrogen) atoms. The van der Waals surface area contributed by atoms with Crippen LogP contribution in [-0.2, 0) is 0 Å². The van der Waals surface area contributed by atoms with Crippen LogP contribution in [0.3, 0.4) is 0 Å². The fourth-order valence-corrected chi connectivity index (χ4v) is 3.36. The van der Waals surface area contributed by atoms with Gasteiger partial charge >= 0.3 is 0 Å². The molecule has 0 bridgehead atoms. The standard InChI is InChI=1S/C14H31P/c1-5-8-14(7-3)10-9-13(4)12-15-11-6-2/h13-15H,5-12H2,1-4H3. The zero-order valence-corrected chi connectivity index (χ0v) is 12.3. The highest BCUT2D eigenvalue weighted by Crippen LogP contribution is 2.24. The predicted molar refractivity (Wildman–Crippen MR) is 75.4 cm³/mol. The molecule has 0 aromatic heterocycles. The molecule has 0 aromatic rings. The Kier molecular flexibility index (Phi) is 11.2. The Morgan fingerprint density at radius 3 is 2.20 bits per heavy atom. The molecule has 0 radical (unpaired) electrons. The molecule has 0 aliphatic carbocycles. The lowest BCUT2D eigenvalue weighted by molar-refractivity contribution is 0.389. The van der Waals surface area contributed by atoms with Crippen LogP contribution in [0.5, 0.6) is 0 Å². The molecular formula is C14H31P. The van der Waals surface area contributed by atoms with Gasteiger partial charge in [-0.2, -0.15) is 0 Å². The maximum Gasteiger partial charge on any atom is -0.0328 e. The number of rotatable bonds is 10. The summed E-state index contributed by atoms with van der Waals surface area (Å²) in [5.41, 5.74) is 0. The van der Waals surface area contributed by atoms with Crippen molar-refractivity contribution >= 4 is 8.58 Å². The summed E-state index contributed by atoms with van der Waals surface area (Å²) in [6.07, 6.45) is 11.4. The van der Waals surface area contributed by atoms with Gasteiger partial charge in [-0.25, -0.2) is 0 Å². The number of hydrogen-bond acceptors (Lipinski definition) is 0. The summed E-state index contributed by atoms with van der Waals surface area (Å²) < 4.78 is 0. The van der Waals surface area contributed by atoms with Crippen molar-refractivity contribution in [2.75, 3.05) is 12.3 Å². The summed E-state index contributed by atoms with van der Waals surface area (Å²) in [6, 6.07) is 0. The van der Waals surface area contributed by atoms with Gasteiger partial charge < -0.3 is 0 Å². The minimum Gasteiger partial charge on any atom is -0.122 e. The second-order valence-corrected chi connectivity index (χ2v) is 6.36. The van der Waals surface area contributed by atoms with Gasteiger partial charge in [-0.1, -0.05) is 66.2 Å². The molecule has 0 amide bonds. The van der Waals surface area contributed by atoms with Gasteiger partial charge in [0.05, 0.1) is 0 Å². The smallest absolute Gasteiger partial charge is 0.0328 e. The molecule has 0 saturated carbocycles. The SMILES string of the molecule is CCCPCC(C)CCC(CC)CCC. The van der Waals surface area contributed by atoms with E-state index in [-0.39, 0.29) is 0 Å². The van der Waals surface area contributed by atoms with Gasteiger partial charge in [0.25, 0.3) is 0 Å². The van der Waals surface area contributed by atoms with E-state index in [2.05, 4.69) is 27.7 Å². The van der Waals surface area contributed by atoms with Crippen LogP contribution in [-0.4, -0.2) is 12.3 Å². The van der Waals surface area contributed by atoms with E-state index < -0.39 is 0 Å². The molecule has 92 valence electrons. The first kappa shape index (κ1) is 15.4. The summed E-state index contributed by atoms with van der Waals surface area (Å²) in [5.74, 6) is 1.98. The molecule has 0 spiro atoms. The first-order chi connectivity index (χ1) is 7.24. The van der Waals surface area contributed by atoms with E-state index in [1.807, 2.05) is 0 Å². The van der Waals surface area contributed by atoms with Gasteiger partial charge in [0.15, 0.2) is 0 Å². The van der Waals surface area contributed by atoms with E-state index >= 15 is 0 Å². The fraction of sp³-hybridized carbons (Fsp3) is 1.00. The minimum atomic E-state index is 0.973. The van der Waals surface area contributed by atoms with Crippen LogP contribution >= 0.6 is 8.58 Å². The summed E-state index contributed by atoms with van der Waals surface area (Å²) in [6.45, 7) is 9.41. The number of hydrogen-bond donors (Lipinski definition) is 0. The quantitative estimate of drug-likeness (QED) is 0.352. The Labute approximate surface area is 99.4 Å². The van der Waals surface area contributed by atoms with E-state index in [0.717, 1.165) is 11.8 Å². The van der Waals surface area contributed by atoms with Gasteiger partial charge in [-0.15, -0.1) is 8.58 Å². The highest BCUT2D eigenvalue weighted by atomic mass is 31.1. The Bertz CT molecular complexity index is 123. The topological polar surface area (TPSA) is 0 Å². The summed E-state index contributed by atoms with van der Waals surface area (Å²) in [4.78, 5) is 0. The average Bonchev–Trinajstić information content (AvgIpc) is 2.24. The molecule has 0 rings (SSSR count). The highest BCUT2D eigenvalue weighted by Gasteiger charge is 2.08. The van der Waals surface area contributed by atoms with Crippen LogP contribution in [0.4, 0.5) is 0 Å². The van der Waals surface area contributed by atoms with Crippen molar-refractivity contribution in [2.45, 2.75) is 66.2 Å². The Hall–Kier alpha value is 0.430. The Morgan fingerprint density at radius 2 is 1.67 bits per heavy atom. The minimum absolute atomic E-state index is 0.973. The maximum atomic E-state index is 2.45. The Balaban J connectivity index is 3.45. The van der Waals surface area contributed by atoms with Crippen molar-refractivity contribution in [2.24, 2.45) is 11.8 Å². The van der Waals surface area contributed by atoms with Crippen LogP contribution in [0.2, 0.25) is 0 Å². The molecule has 0 aliphatic heterocycles. The lowest BCUT2D eigenvalue weighted by Gasteiger charge is -2.17. The molecule has 3 unspecified atom stereocenters. The van der Waals surface area contributed by atoms with Crippen molar-refractivity contribution in [3.8, 4) is 0 Å². The van der Waals surface area contributed by atoms with Crippen molar-refractivity contribution < 1.29 is 0 Å². The third-order valence-electron chi connectivity index (χ3n) is 3.26. The maximum absolute atomic E-state index is 2.45. The van der Waals surface area contributed by atoms with Crippen LogP contribution < -0.4 is 0 Å². The lowest BCUT2D eigenvalue weighted by Crippen LogP contribution is -2.04. The normalized spacial score (nSPS) is 16.0. The summed E-state index contributed by atoms with van der Waals surface area (Å²) >= 11 is 0. The third-order valence-corrected chi connectivity index (χ3v) is 5.10. The van der Waals surface area contributed by atoms with Crippen molar-refractivity contribution in [3.05, 3.63) is 0 Å². The molecule has 0 nitrogen and oxygen atoms in total. The highest BCUT2D eigenvalue weighted by molar-refractivity contribution is 7.37. The molecule has 0 N–H and O–H groups in total. The molecule has 0 aliphatic rings. The van der Waals surface area contributed by atoms with E-state index in [1.165, 1.54) is 59.4 Å². The zero-order valence-electron chi connectivity index (χ0n) is 11.3. The lowest BCUT2D eigenvalue weighted by atomic mass is 9.92. The summed E-state index contributed by atoms with van der Waals surface area (Å²) in [7, 11) is 1.22. The zero-order chi connectivity index (χ0) is 11.5. The van der Waals surface area contributed by atoms with Gasteiger partial charge in [-0.3, -0.25) is 0 Å². The third kappa shape index (κ3) is 9.36. The first-order valence-electron chi connectivity index (χ1n) is 6.95. The second-order valence-electron chi connectivity index (χ2n) is 4.95. The van der Waals surface area contributed by atoms with Crippen molar-refractivity contribution in [1.82, 2.24) is 0 Å². The van der Waals surface area contributed by atoms with Crippen molar-refractivity contribution in [3.63, 3.8) is 0 Å². The van der Waals surface area contributed by atoms with Gasteiger partial charge in [-0.05, 0) is 24.2 Å². The fourth-order valence-electron chi connectivity index (χ4n) is 2.11. The Morgan fingerprint density at radius 1 is 0.933 bits per heavy atom. The monoisotopic (exact) mass is 230 g/mol. The van der Waals surface area contributed by atoms with E-state index in [4.69, 9.17) is 0 Å². The van der Waals surface area contributed by atoms with Crippen LogP contribution in [0, 0.1) is 11.8 Å². The molecule has 3 atom stereocenters. The van der Waals surface area contributed by atoms with Gasteiger partial charge in [0.2, 0.25) is 0 Å². The largest absolute Gasteiger partial charge is 0.122 e. The molecule has 0 fully saturated rings. The molecule has 0 heterocycles. The van der Waals surface area contributed by atoms with E-state index in [9.17, 15) is 0 Å². The summed E-state index contributed by atoms with van der Waals surface area (Å²) in [5, 5.41) is 0. The van der Waals surface area contributed by atoms with Crippen LogP contribution in [0.25, 0.3) is 0 Å².